The van der Waals surface area contributed by atoms with Crippen molar-refractivity contribution < 1.29 is 14.0 Å². The quantitative estimate of drug-likeness (QED) is 0.862. The number of nitrogens with zero attached hydrogens (tertiary/aromatic N) is 5. The lowest BCUT2D eigenvalue weighted by Crippen LogP contribution is -2.43. The Labute approximate surface area is 158 Å². The van der Waals surface area contributed by atoms with E-state index in [0.29, 0.717) is 31.9 Å². The summed E-state index contributed by atoms with van der Waals surface area (Å²) in [4.78, 5) is 28.6. The van der Waals surface area contributed by atoms with E-state index < -0.39 is 0 Å². The van der Waals surface area contributed by atoms with Crippen LogP contribution in [0.3, 0.4) is 0 Å². The fraction of sp³-hybridized carbons (Fsp3) is 0.556. The molecule has 146 valence electrons. The first-order valence-corrected chi connectivity index (χ1v) is 9.36. The van der Waals surface area contributed by atoms with Crippen LogP contribution in [-0.4, -0.2) is 62.7 Å². The van der Waals surface area contributed by atoms with Crippen molar-refractivity contribution in [2.24, 2.45) is 0 Å². The topological polar surface area (TPSA) is 96.5 Å². The average molecular weight is 374 g/mol. The van der Waals surface area contributed by atoms with Gasteiger partial charge in [-0.3, -0.25) is 4.79 Å². The summed E-state index contributed by atoms with van der Waals surface area (Å²) in [5.74, 6) is 0.940. The first-order valence-electron chi connectivity index (χ1n) is 9.36. The number of amides is 3. The lowest BCUT2D eigenvalue weighted by atomic mass is 10.3. The molecular weight excluding hydrogens is 348 g/mol. The summed E-state index contributed by atoms with van der Waals surface area (Å²) < 4.78 is 7.14. The predicted molar refractivity (Wildman–Crippen MR) is 98.1 cm³/mol. The minimum absolute atomic E-state index is 0.136. The Bertz CT molecular complexity index is 757. The fourth-order valence-corrected chi connectivity index (χ4v) is 3.23. The highest BCUT2D eigenvalue weighted by Crippen LogP contribution is 2.13. The van der Waals surface area contributed by atoms with Crippen LogP contribution in [0.15, 0.2) is 29.1 Å². The largest absolute Gasteiger partial charge is 0.459 e. The molecule has 0 aliphatic carbocycles. The number of hydrogen-bond acceptors (Lipinski definition) is 5. The molecule has 3 amide bonds. The van der Waals surface area contributed by atoms with Crippen LogP contribution in [0, 0.1) is 0 Å². The van der Waals surface area contributed by atoms with Crippen molar-refractivity contribution in [2.45, 2.75) is 39.3 Å². The summed E-state index contributed by atoms with van der Waals surface area (Å²) in [6.07, 6.45) is 4.87. The number of nitrogens with one attached hydrogen (secondary N) is 1. The summed E-state index contributed by atoms with van der Waals surface area (Å²) in [5.41, 5.74) is 0. The Kier molecular flexibility index (Phi) is 6.10. The minimum Gasteiger partial charge on any atom is -0.459 e. The Hall–Kier alpha value is -2.84. The van der Waals surface area contributed by atoms with Crippen molar-refractivity contribution in [1.29, 1.82) is 0 Å². The van der Waals surface area contributed by atoms with Crippen LogP contribution >= 0.6 is 0 Å². The lowest BCUT2D eigenvalue weighted by molar-refractivity contribution is 0.0730. The zero-order valence-electron chi connectivity index (χ0n) is 15.8. The molecule has 0 saturated carbocycles. The smallest absolute Gasteiger partial charge is 0.318 e. The maximum Gasteiger partial charge on any atom is 0.318 e. The molecular formula is C18H26N6O3. The van der Waals surface area contributed by atoms with Crippen molar-refractivity contribution in [1.82, 2.24) is 29.9 Å². The molecule has 27 heavy (non-hydrogen) atoms. The lowest BCUT2D eigenvalue weighted by Gasteiger charge is -2.24. The van der Waals surface area contributed by atoms with Gasteiger partial charge in [0.1, 0.15) is 6.33 Å². The van der Waals surface area contributed by atoms with E-state index in [2.05, 4.69) is 22.4 Å². The van der Waals surface area contributed by atoms with E-state index in [1.165, 1.54) is 6.26 Å². The Morgan fingerprint density at radius 1 is 1.26 bits per heavy atom. The van der Waals surface area contributed by atoms with Gasteiger partial charge in [0.15, 0.2) is 11.6 Å². The minimum atomic E-state index is -0.240. The molecule has 0 aromatic carbocycles. The summed E-state index contributed by atoms with van der Waals surface area (Å²) in [7, 11) is 0. The second-order valence-corrected chi connectivity index (χ2v) is 6.66. The van der Waals surface area contributed by atoms with Gasteiger partial charge in [-0.05, 0) is 31.9 Å². The third-order valence-corrected chi connectivity index (χ3v) is 4.64. The molecule has 2 aromatic heterocycles. The molecule has 9 nitrogen and oxygen atoms in total. The van der Waals surface area contributed by atoms with Crippen molar-refractivity contribution in [3.63, 3.8) is 0 Å². The number of carbonyl (C=O) groups excluding carboxylic acids is 2. The van der Waals surface area contributed by atoms with Crippen LogP contribution in [0.4, 0.5) is 4.79 Å². The van der Waals surface area contributed by atoms with Gasteiger partial charge in [-0.15, -0.1) is 10.2 Å². The summed E-state index contributed by atoms with van der Waals surface area (Å²) >= 11 is 0. The van der Waals surface area contributed by atoms with E-state index >= 15 is 0 Å². The molecule has 1 aliphatic rings. The van der Waals surface area contributed by atoms with Gasteiger partial charge < -0.3 is 24.1 Å². The predicted octanol–water partition coefficient (Wildman–Crippen LogP) is 1.90. The van der Waals surface area contributed by atoms with Gasteiger partial charge in [0.25, 0.3) is 5.91 Å². The molecule has 1 N–H and O–H groups in total. The molecule has 0 spiro atoms. The first-order chi connectivity index (χ1) is 13.1. The second-order valence-electron chi connectivity index (χ2n) is 6.66. The number of urea groups is 1. The van der Waals surface area contributed by atoms with E-state index in [1.807, 2.05) is 11.5 Å². The van der Waals surface area contributed by atoms with Gasteiger partial charge >= 0.3 is 6.03 Å². The van der Waals surface area contributed by atoms with Gasteiger partial charge in [0.2, 0.25) is 0 Å². The Balaban J connectivity index is 1.56. The molecule has 1 atom stereocenters. The molecule has 0 radical (unpaired) electrons. The summed E-state index contributed by atoms with van der Waals surface area (Å²) in [5, 5.41) is 11.1. The van der Waals surface area contributed by atoms with Crippen molar-refractivity contribution >= 4 is 11.9 Å². The highest BCUT2D eigenvalue weighted by atomic mass is 16.3. The highest BCUT2D eigenvalue weighted by Gasteiger charge is 2.25. The van der Waals surface area contributed by atoms with Crippen molar-refractivity contribution in [2.75, 3.05) is 26.2 Å². The molecule has 1 aliphatic heterocycles. The van der Waals surface area contributed by atoms with Crippen LogP contribution in [0.5, 0.6) is 0 Å². The van der Waals surface area contributed by atoms with Gasteiger partial charge in [0.05, 0.1) is 12.3 Å². The highest BCUT2D eigenvalue weighted by molar-refractivity contribution is 5.91. The van der Waals surface area contributed by atoms with Crippen molar-refractivity contribution in [3.8, 4) is 0 Å². The maximum atomic E-state index is 12.7. The van der Waals surface area contributed by atoms with E-state index in [4.69, 9.17) is 4.42 Å². The standard InChI is InChI=1S/C18H26N6O3/c1-3-7-24-13-19-21-16(24)14(2)20-18(26)23-9-5-8-22(10-11-23)17(25)15-6-4-12-27-15/h4,6,12-14H,3,5,7-11H2,1-2H3,(H,20,26)/t14-/m0/s1. The molecule has 2 aromatic rings. The monoisotopic (exact) mass is 374 g/mol. The van der Waals surface area contributed by atoms with Gasteiger partial charge in [-0.1, -0.05) is 6.92 Å². The van der Waals surface area contributed by atoms with Crippen LogP contribution in [0.1, 0.15) is 49.1 Å². The van der Waals surface area contributed by atoms with Gasteiger partial charge in [0, 0.05) is 32.7 Å². The Morgan fingerprint density at radius 2 is 2.04 bits per heavy atom. The number of furan rings is 1. The third-order valence-electron chi connectivity index (χ3n) is 4.64. The van der Waals surface area contributed by atoms with E-state index in [1.54, 1.807) is 28.3 Å². The molecule has 3 heterocycles. The number of carbonyl (C=O) groups is 2. The molecule has 1 fully saturated rings. The van der Waals surface area contributed by atoms with Crippen LogP contribution in [-0.2, 0) is 6.54 Å². The molecule has 0 bridgehead atoms. The number of hydrogen-bond donors (Lipinski definition) is 1. The second kappa shape index (κ2) is 8.70. The van der Waals surface area contributed by atoms with Gasteiger partial charge in [-0.25, -0.2) is 4.79 Å². The van der Waals surface area contributed by atoms with E-state index in [-0.39, 0.29) is 18.0 Å². The summed E-state index contributed by atoms with van der Waals surface area (Å²) in [6, 6.07) is 2.96. The Morgan fingerprint density at radius 3 is 2.78 bits per heavy atom. The SMILES string of the molecule is CCCn1cnnc1[C@H](C)NC(=O)N1CCCN(C(=O)c2ccco2)CC1. The zero-order chi connectivity index (χ0) is 19.2. The zero-order valence-corrected chi connectivity index (χ0v) is 15.8. The van der Waals surface area contributed by atoms with E-state index in [9.17, 15) is 9.59 Å². The molecule has 3 rings (SSSR count). The van der Waals surface area contributed by atoms with Crippen LogP contribution < -0.4 is 5.32 Å². The fourth-order valence-electron chi connectivity index (χ4n) is 3.23. The number of aromatic nitrogens is 3. The van der Waals surface area contributed by atoms with Gasteiger partial charge in [-0.2, -0.15) is 0 Å². The average Bonchev–Trinajstić information content (AvgIpc) is 3.29. The molecule has 9 heteroatoms. The normalized spacial score (nSPS) is 16.1. The maximum absolute atomic E-state index is 12.7. The number of aryl methyl sites for hydroxylation is 1. The third kappa shape index (κ3) is 4.47. The molecule has 0 unspecified atom stereocenters. The number of rotatable bonds is 5. The van der Waals surface area contributed by atoms with Crippen LogP contribution in [0.25, 0.3) is 0 Å². The summed E-state index contributed by atoms with van der Waals surface area (Å²) in [6.45, 7) is 6.96. The first kappa shape index (κ1) is 18.9. The van der Waals surface area contributed by atoms with Crippen LogP contribution in [0.2, 0.25) is 0 Å². The van der Waals surface area contributed by atoms with Crippen molar-refractivity contribution in [3.05, 3.63) is 36.3 Å². The molecule has 1 saturated heterocycles. The van der Waals surface area contributed by atoms with E-state index in [0.717, 1.165) is 25.2 Å².